The molecule has 2 aromatic rings. The van der Waals surface area contributed by atoms with E-state index in [1.165, 1.54) is 12.1 Å². The molecule has 0 radical (unpaired) electrons. The number of hydrazine groups is 1. The maximum Gasteiger partial charge on any atom is 0.387 e. The number of imidazole rings is 1. The van der Waals surface area contributed by atoms with Crippen LogP contribution in [0.15, 0.2) is 36.7 Å². The maximum atomic E-state index is 12.1. The second kappa shape index (κ2) is 7.14. The molecule has 3 N–H and O–H groups in total. The van der Waals surface area contributed by atoms with Crippen LogP contribution in [0.25, 0.3) is 0 Å². The largest absolute Gasteiger partial charge is 0.435 e. The highest BCUT2D eigenvalue weighted by atomic mass is 19.3. The number of nitrogens with one attached hydrogen (secondary N) is 1. The summed E-state index contributed by atoms with van der Waals surface area (Å²) in [5.41, 5.74) is 3.64. The Morgan fingerprint density at radius 1 is 1.33 bits per heavy atom. The van der Waals surface area contributed by atoms with Gasteiger partial charge >= 0.3 is 6.61 Å². The molecular formula is C14H18F2N4O. The van der Waals surface area contributed by atoms with Crippen LogP contribution in [0.4, 0.5) is 8.78 Å². The zero-order chi connectivity index (χ0) is 15.2. The Labute approximate surface area is 121 Å². The van der Waals surface area contributed by atoms with Gasteiger partial charge in [-0.25, -0.2) is 4.98 Å². The molecule has 0 spiro atoms. The molecule has 0 saturated heterocycles. The van der Waals surface area contributed by atoms with Crippen LogP contribution in [0.5, 0.6) is 5.75 Å². The summed E-state index contributed by atoms with van der Waals surface area (Å²) in [6, 6.07) is 6.38. The third-order valence-electron chi connectivity index (χ3n) is 3.29. The van der Waals surface area contributed by atoms with Gasteiger partial charge in [-0.05, 0) is 24.1 Å². The fourth-order valence-electron chi connectivity index (χ4n) is 2.14. The Bertz CT molecular complexity index is 556. The Hall–Kier alpha value is -1.99. The number of hydrogen-bond acceptors (Lipinski definition) is 4. The van der Waals surface area contributed by atoms with Gasteiger partial charge in [0.15, 0.2) is 0 Å². The Morgan fingerprint density at radius 2 is 2.05 bits per heavy atom. The number of ether oxygens (including phenoxy) is 1. The molecule has 1 aromatic heterocycles. The minimum Gasteiger partial charge on any atom is -0.435 e. The average Bonchev–Trinajstić information content (AvgIpc) is 2.86. The van der Waals surface area contributed by atoms with Crippen molar-refractivity contribution < 1.29 is 13.5 Å². The summed E-state index contributed by atoms with van der Waals surface area (Å²) in [6.07, 6.45) is 5.14. The zero-order valence-electron chi connectivity index (χ0n) is 11.7. The average molecular weight is 296 g/mol. The number of benzene rings is 1. The summed E-state index contributed by atoms with van der Waals surface area (Å²) in [7, 11) is 1.93. The van der Waals surface area contributed by atoms with Crippen LogP contribution in [0.3, 0.4) is 0 Å². The topological polar surface area (TPSA) is 65.1 Å². The SMILES string of the molecule is Cn1ccnc1CCC(NN)c1ccc(OC(F)F)cc1. The minimum atomic E-state index is -2.82. The number of alkyl halides is 2. The van der Waals surface area contributed by atoms with Crippen LogP contribution in [-0.2, 0) is 13.5 Å². The number of nitrogens with two attached hydrogens (primary N) is 1. The number of hydrogen-bond donors (Lipinski definition) is 2. The van der Waals surface area contributed by atoms with Crippen molar-refractivity contribution in [3.05, 3.63) is 48.0 Å². The van der Waals surface area contributed by atoms with Crippen molar-refractivity contribution in [3.8, 4) is 5.75 Å². The lowest BCUT2D eigenvalue weighted by atomic mass is 10.0. The fourth-order valence-corrected chi connectivity index (χ4v) is 2.14. The highest BCUT2D eigenvalue weighted by Gasteiger charge is 2.12. The molecule has 2 rings (SSSR count). The molecule has 7 heteroatoms. The summed E-state index contributed by atoms with van der Waals surface area (Å²) >= 11 is 0. The van der Waals surface area contributed by atoms with Crippen molar-refractivity contribution in [1.29, 1.82) is 0 Å². The molecule has 1 atom stereocenters. The molecule has 0 saturated carbocycles. The highest BCUT2D eigenvalue weighted by molar-refractivity contribution is 5.29. The van der Waals surface area contributed by atoms with Crippen LogP contribution < -0.4 is 16.0 Å². The normalized spacial score (nSPS) is 12.6. The van der Waals surface area contributed by atoms with Gasteiger partial charge in [0.2, 0.25) is 0 Å². The van der Waals surface area contributed by atoms with Crippen LogP contribution in [0.1, 0.15) is 23.9 Å². The first-order chi connectivity index (χ1) is 10.1. The molecule has 1 unspecified atom stereocenters. The number of aromatic nitrogens is 2. The lowest BCUT2D eigenvalue weighted by Gasteiger charge is -2.16. The van der Waals surface area contributed by atoms with Crippen LogP contribution in [0.2, 0.25) is 0 Å². The summed E-state index contributed by atoms with van der Waals surface area (Å²) in [6.45, 7) is -2.82. The first-order valence-corrected chi connectivity index (χ1v) is 6.57. The van der Waals surface area contributed by atoms with E-state index in [0.717, 1.165) is 24.2 Å². The van der Waals surface area contributed by atoms with Crippen molar-refractivity contribution in [3.63, 3.8) is 0 Å². The molecule has 5 nitrogen and oxygen atoms in total. The molecule has 0 aliphatic heterocycles. The van der Waals surface area contributed by atoms with Crippen LogP contribution >= 0.6 is 0 Å². The standard InChI is InChI=1S/C14H18F2N4O/c1-20-9-8-18-13(20)7-6-12(19-17)10-2-4-11(5-3-10)21-14(15)16/h2-5,8-9,12,14,19H,6-7,17H2,1H3. The molecular weight excluding hydrogens is 278 g/mol. The number of aryl methyl sites for hydroxylation is 2. The van der Waals surface area contributed by atoms with E-state index >= 15 is 0 Å². The molecule has 0 amide bonds. The van der Waals surface area contributed by atoms with Gasteiger partial charge in [0.25, 0.3) is 0 Å². The predicted octanol–water partition coefficient (Wildman–Crippen LogP) is 2.16. The van der Waals surface area contributed by atoms with E-state index in [-0.39, 0.29) is 11.8 Å². The Balaban J connectivity index is 1.98. The second-order valence-electron chi connectivity index (χ2n) is 4.66. The van der Waals surface area contributed by atoms with Crippen molar-refractivity contribution in [2.45, 2.75) is 25.5 Å². The number of rotatable bonds is 7. The lowest BCUT2D eigenvalue weighted by molar-refractivity contribution is -0.0498. The van der Waals surface area contributed by atoms with Gasteiger partial charge in [-0.15, -0.1) is 0 Å². The maximum absolute atomic E-state index is 12.1. The van der Waals surface area contributed by atoms with E-state index in [0.29, 0.717) is 0 Å². The van der Waals surface area contributed by atoms with Gasteiger partial charge in [0.05, 0.1) is 0 Å². The molecule has 1 aromatic carbocycles. The smallest absolute Gasteiger partial charge is 0.387 e. The third-order valence-corrected chi connectivity index (χ3v) is 3.29. The van der Waals surface area contributed by atoms with Crippen molar-refractivity contribution >= 4 is 0 Å². The lowest BCUT2D eigenvalue weighted by Crippen LogP contribution is -2.28. The van der Waals surface area contributed by atoms with Crippen molar-refractivity contribution in [2.75, 3.05) is 0 Å². The van der Waals surface area contributed by atoms with Gasteiger partial charge in [-0.3, -0.25) is 11.3 Å². The predicted molar refractivity (Wildman–Crippen MR) is 74.7 cm³/mol. The molecule has 0 fully saturated rings. The van der Waals surface area contributed by atoms with E-state index in [4.69, 9.17) is 5.84 Å². The zero-order valence-corrected chi connectivity index (χ0v) is 11.7. The van der Waals surface area contributed by atoms with E-state index in [2.05, 4.69) is 15.1 Å². The summed E-state index contributed by atoms with van der Waals surface area (Å²) in [4.78, 5) is 4.25. The highest BCUT2D eigenvalue weighted by Crippen LogP contribution is 2.22. The molecule has 0 aliphatic carbocycles. The quantitative estimate of drug-likeness (QED) is 0.607. The summed E-state index contributed by atoms with van der Waals surface area (Å²) < 4.78 is 30.5. The second-order valence-corrected chi connectivity index (χ2v) is 4.66. The van der Waals surface area contributed by atoms with E-state index in [1.807, 2.05) is 17.8 Å². The molecule has 1 heterocycles. The molecule has 0 bridgehead atoms. The van der Waals surface area contributed by atoms with E-state index in [1.54, 1.807) is 18.3 Å². The fraction of sp³-hybridized carbons (Fsp3) is 0.357. The number of nitrogens with zero attached hydrogens (tertiary/aromatic N) is 2. The minimum absolute atomic E-state index is 0.0812. The molecule has 0 aliphatic rings. The van der Waals surface area contributed by atoms with E-state index < -0.39 is 6.61 Å². The van der Waals surface area contributed by atoms with Crippen molar-refractivity contribution in [2.24, 2.45) is 12.9 Å². The number of halogens is 2. The molecule has 21 heavy (non-hydrogen) atoms. The third kappa shape index (κ3) is 4.24. The van der Waals surface area contributed by atoms with Crippen LogP contribution in [0, 0.1) is 0 Å². The summed E-state index contributed by atoms with van der Waals surface area (Å²) in [5, 5.41) is 0. The van der Waals surface area contributed by atoms with Gasteiger partial charge < -0.3 is 9.30 Å². The first kappa shape index (κ1) is 15.4. The summed E-state index contributed by atoms with van der Waals surface area (Å²) in [5.74, 6) is 6.67. The molecule has 114 valence electrons. The van der Waals surface area contributed by atoms with Gasteiger partial charge in [0, 0.05) is 31.9 Å². The Morgan fingerprint density at radius 3 is 2.57 bits per heavy atom. The van der Waals surface area contributed by atoms with Gasteiger partial charge in [0.1, 0.15) is 11.6 Å². The van der Waals surface area contributed by atoms with Gasteiger partial charge in [-0.1, -0.05) is 12.1 Å². The van der Waals surface area contributed by atoms with Crippen LogP contribution in [-0.4, -0.2) is 16.2 Å². The van der Waals surface area contributed by atoms with E-state index in [9.17, 15) is 8.78 Å². The van der Waals surface area contributed by atoms with Gasteiger partial charge in [-0.2, -0.15) is 8.78 Å². The first-order valence-electron chi connectivity index (χ1n) is 6.57. The van der Waals surface area contributed by atoms with Crippen molar-refractivity contribution in [1.82, 2.24) is 15.0 Å². The Kier molecular flexibility index (Phi) is 5.24. The monoisotopic (exact) mass is 296 g/mol.